The van der Waals surface area contributed by atoms with E-state index in [1.165, 1.54) is 0 Å². The summed E-state index contributed by atoms with van der Waals surface area (Å²) in [5.41, 5.74) is 0. The number of hydrogen-bond acceptors (Lipinski definition) is 4. The summed E-state index contributed by atoms with van der Waals surface area (Å²) in [7, 11) is -0.0802. The molecule has 7 heteroatoms. The van der Waals surface area contributed by atoms with Gasteiger partial charge in [-0.3, -0.25) is 0 Å². The fourth-order valence-electron chi connectivity index (χ4n) is 2.51. The van der Waals surface area contributed by atoms with E-state index in [0.29, 0.717) is 28.2 Å². The number of nitrogens with one attached hydrogen (secondary N) is 1. The maximum atomic E-state index is 12.8. The third kappa shape index (κ3) is 3.00. The Morgan fingerprint density at radius 1 is 1.50 bits per heavy atom. The molecule has 0 aliphatic carbocycles. The van der Waals surface area contributed by atoms with Crippen LogP contribution in [-0.2, 0) is 10.0 Å². The van der Waals surface area contributed by atoms with E-state index in [0.717, 1.165) is 12.8 Å². The molecule has 0 aromatic heterocycles. The van der Waals surface area contributed by atoms with Crippen LogP contribution in [0.5, 0.6) is 5.75 Å². The molecule has 1 aromatic carbocycles. The highest BCUT2D eigenvalue weighted by molar-refractivity contribution is 9.10. The van der Waals surface area contributed by atoms with Gasteiger partial charge in [0, 0.05) is 23.6 Å². The molecule has 0 radical (unpaired) electrons. The van der Waals surface area contributed by atoms with Crippen molar-refractivity contribution in [3.63, 3.8) is 0 Å². The minimum Gasteiger partial charge on any atom is -0.497 e. The first-order valence-corrected chi connectivity index (χ1v) is 8.74. The highest BCUT2D eigenvalue weighted by Crippen LogP contribution is 2.32. The molecule has 1 saturated heterocycles. The van der Waals surface area contributed by atoms with Gasteiger partial charge >= 0.3 is 0 Å². The number of halogens is 1. The quantitative estimate of drug-likeness (QED) is 0.867. The highest BCUT2D eigenvalue weighted by Gasteiger charge is 2.35. The first-order valence-electron chi connectivity index (χ1n) is 6.50. The van der Waals surface area contributed by atoms with E-state index in [-0.39, 0.29) is 6.04 Å². The second kappa shape index (κ2) is 6.43. The fraction of sp³-hybridized carbons (Fsp3) is 0.538. The van der Waals surface area contributed by atoms with Crippen LogP contribution in [0.4, 0.5) is 0 Å². The Morgan fingerprint density at radius 2 is 2.25 bits per heavy atom. The van der Waals surface area contributed by atoms with Gasteiger partial charge in [-0.2, -0.15) is 4.31 Å². The maximum absolute atomic E-state index is 12.8. The molecule has 1 fully saturated rings. The van der Waals surface area contributed by atoms with E-state index in [1.54, 1.807) is 29.6 Å². The number of hydrogen-bond donors (Lipinski definition) is 1. The van der Waals surface area contributed by atoms with Crippen LogP contribution in [0, 0.1) is 0 Å². The van der Waals surface area contributed by atoms with Gasteiger partial charge in [-0.15, -0.1) is 0 Å². The van der Waals surface area contributed by atoms with Gasteiger partial charge in [-0.1, -0.05) is 0 Å². The molecule has 1 aliphatic rings. The summed E-state index contributed by atoms with van der Waals surface area (Å²) in [5.74, 6) is 0.629. The second-order valence-corrected chi connectivity index (χ2v) is 7.48. The average molecular weight is 363 g/mol. The van der Waals surface area contributed by atoms with Crippen LogP contribution in [0.1, 0.15) is 12.8 Å². The first kappa shape index (κ1) is 15.8. The van der Waals surface area contributed by atoms with E-state index in [4.69, 9.17) is 4.74 Å². The standard InChI is InChI=1S/C13H19BrN2O3S/c1-15-9-10-4-3-7-16(10)20(17,18)13-6-5-11(19-2)8-12(13)14/h5-6,8,10,15H,3-4,7,9H2,1-2H3. The Hall–Kier alpha value is -0.630. The lowest BCUT2D eigenvalue weighted by molar-refractivity contribution is 0.378. The molecule has 1 aromatic rings. The lowest BCUT2D eigenvalue weighted by Gasteiger charge is -2.24. The van der Waals surface area contributed by atoms with Crippen LogP contribution in [0.2, 0.25) is 0 Å². The highest BCUT2D eigenvalue weighted by atomic mass is 79.9. The zero-order valence-electron chi connectivity index (χ0n) is 11.6. The molecule has 0 bridgehead atoms. The average Bonchev–Trinajstić information content (AvgIpc) is 2.87. The van der Waals surface area contributed by atoms with Crippen LogP contribution in [0.3, 0.4) is 0 Å². The van der Waals surface area contributed by atoms with Crippen LogP contribution in [0.25, 0.3) is 0 Å². The molecule has 1 heterocycles. The molecule has 2 rings (SSSR count). The lowest BCUT2D eigenvalue weighted by Crippen LogP contribution is -2.40. The lowest BCUT2D eigenvalue weighted by atomic mass is 10.2. The SMILES string of the molecule is CNCC1CCCN1S(=O)(=O)c1ccc(OC)cc1Br. The minimum absolute atomic E-state index is 0.0269. The Kier molecular flexibility index (Phi) is 5.06. The summed E-state index contributed by atoms with van der Waals surface area (Å²) in [5, 5.41) is 3.06. The molecular weight excluding hydrogens is 344 g/mol. The number of ether oxygens (including phenoxy) is 1. The Balaban J connectivity index is 2.35. The van der Waals surface area contributed by atoms with E-state index in [1.807, 2.05) is 7.05 Å². The summed E-state index contributed by atoms with van der Waals surface area (Å²) in [6.45, 7) is 1.25. The molecule has 0 spiro atoms. The van der Waals surface area contributed by atoms with Gasteiger partial charge < -0.3 is 10.1 Å². The molecule has 0 saturated carbocycles. The van der Waals surface area contributed by atoms with Gasteiger partial charge in [-0.05, 0) is 54.0 Å². The molecule has 0 amide bonds. The number of benzene rings is 1. The van der Waals surface area contributed by atoms with E-state index in [2.05, 4.69) is 21.2 Å². The summed E-state index contributed by atoms with van der Waals surface area (Å²) < 4.78 is 32.8. The molecule has 1 aliphatic heterocycles. The van der Waals surface area contributed by atoms with Gasteiger partial charge in [0.15, 0.2) is 0 Å². The van der Waals surface area contributed by atoms with Crippen LogP contribution < -0.4 is 10.1 Å². The predicted octanol–water partition coefficient (Wildman–Crippen LogP) is 1.83. The fourth-order valence-corrected chi connectivity index (χ4v) is 5.22. The van der Waals surface area contributed by atoms with Crippen molar-refractivity contribution >= 4 is 26.0 Å². The van der Waals surface area contributed by atoms with Gasteiger partial charge in [0.1, 0.15) is 5.75 Å². The number of likely N-dealkylation sites (N-methyl/N-ethyl adjacent to an activating group) is 1. The largest absolute Gasteiger partial charge is 0.497 e. The molecule has 20 heavy (non-hydrogen) atoms. The van der Waals surface area contributed by atoms with Crippen molar-refractivity contribution in [3.05, 3.63) is 22.7 Å². The third-order valence-corrected chi connectivity index (χ3v) is 6.42. The predicted molar refractivity (Wildman–Crippen MR) is 81.5 cm³/mol. The van der Waals surface area contributed by atoms with Crippen molar-refractivity contribution in [2.45, 2.75) is 23.8 Å². The van der Waals surface area contributed by atoms with Crippen molar-refractivity contribution in [2.75, 3.05) is 27.2 Å². The normalized spacial score (nSPS) is 20.2. The summed E-state index contributed by atoms with van der Waals surface area (Å²) >= 11 is 3.33. The summed E-state index contributed by atoms with van der Waals surface area (Å²) in [6.07, 6.45) is 1.80. The van der Waals surface area contributed by atoms with Crippen LogP contribution in [-0.4, -0.2) is 46.0 Å². The summed E-state index contributed by atoms with van der Waals surface area (Å²) in [6, 6.07) is 4.96. The maximum Gasteiger partial charge on any atom is 0.244 e. The van der Waals surface area contributed by atoms with E-state index < -0.39 is 10.0 Å². The van der Waals surface area contributed by atoms with Gasteiger partial charge in [0.25, 0.3) is 0 Å². The minimum atomic E-state index is -3.47. The van der Waals surface area contributed by atoms with Gasteiger partial charge in [0.2, 0.25) is 10.0 Å². The Bertz CT molecular complexity index is 577. The molecule has 1 N–H and O–H groups in total. The zero-order chi connectivity index (χ0) is 14.8. The van der Waals surface area contributed by atoms with Crippen molar-refractivity contribution in [2.24, 2.45) is 0 Å². The number of methoxy groups -OCH3 is 1. The molecule has 1 atom stereocenters. The van der Waals surface area contributed by atoms with Crippen LogP contribution >= 0.6 is 15.9 Å². The molecular formula is C13H19BrN2O3S. The van der Waals surface area contributed by atoms with Crippen molar-refractivity contribution in [3.8, 4) is 5.75 Å². The first-order chi connectivity index (χ1) is 9.50. The van der Waals surface area contributed by atoms with Crippen LogP contribution in [0.15, 0.2) is 27.6 Å². The zero-order valence-corrected chi connectivity index (χ0v) is 14.0. The number of nitrogens with zero attached hydrogens (tertiary/aromatic N) is 1. The number of sulfonamides is 1. The molecule has 1 unspecified atom stereocenters. The van der Waals surface area contributed by atoms with Crippen molar-refractivity contribution < 1.29 is 13.2 Å². The number of rotatable bonds is 5. The molecule has 5 nitrogen and oxygen atoms in total. The third-order valence-electron chi connectivity index (χ3n) is 3.49. The van der Waals surface area contributed by atoms with E-state index in [9.17, 15) is 8.42 Å². The molecule has 112 valence electrons. The van der Waals surface area contributed by atoms with Gasteiger partial charge in [0.05, 0.1) is 12.0 Å². The second-order valence-electron chi connectivity index (χ2n) is 4.77. The topological polar surface area (TPSA) is 58.6 Å². The smallest absolute Gasteiger partial charge is 0.244 e. The Labute approximate surface area is 128 Å². The Morgan fingerprint density at radius 3 is 2.85 bits per heavy atom. The monoisotopic (exact) mass is 362 g/mol. The van der Waals surface area contributed by atoms with Crippen molar-refractivity contribution in [1.29, 1.82) is 0 Å². The van der Waals surface area contributed by atoms with E-state index >= 15 is 0 Å². The van der Waals surface area contributed by atoms with Gasteiger partial charge in [-0.25, -0.2) is 8.42 Å². The summed E-state index contributed by atoms with van der Waals surface area (Å²) in [4.78, 5) is 0.293. The van der Waals surface area contributed by atoms with Crippen molar-refractivity contribution in [1.82, 2.24) is 9.62 Å².